The van der Waals surface area contributed by atoms with Crippen LogP contribution >= 0.6 is 0 Å². The molecule has 3 aromatic carbocycles. The number of hydrogen-bond donors (Lipinski definition) is 2. The molecular formula is C26H26N4O4. The number of ether oxygens (including phenoxy) is 1. The van der Waals surface area contributed by atoms with Crippen molar-refractivity contribution >= 4 is 46.2 Å². The molecule has 0 aliphatic carbocycles. The highest BCUT2D eigenvalue weighted by atomic mass is 16.5. The molecule has 0 atom stereocenters. The number of para-hydroxylation sites is 3. The first-order chi connectivity index (χ1) is 16.5. The Balaban J connectivity index is 1.36. The first-order valence-electron chi connectivity index (χ1n) is 10.8. The van der Waals surface area contributed by atoms with Gasteiger partial charge >= 0.3 is 0 Å². The van der Waals surface area contributed by atoms with E-state index in [0.717, 1.165) is 23.1 Å². The molecule has 1 aromatic heterocycles. The van der Waals surface area contributed by atoms with E-state index in [9.17, 15) is 9.59 Å². The Hall–Kier alpha value is -4.46. The summed E-state index contributed by atoms with van der Waals surface area (Å²) in [7, 11) is 3.88. The van der Waals surface area contributed by atoms with Crippen LogP contribution in [0.25, 0.3) is 11.0 Å². The number of nitrogen functional groups attached to an aromatic ring is 1. The minimum Gasteiger partial charge on any atom is -0.492 e. The third-order valence-electron chi connectivity index (χ3n) is 5.33. The van der Waals surface area contributed by atoms with E-state index < -0.39 is 0 Å². The lowest BCUT2D eigenvalue weighted by molar-refractivity contribution is -0.107. The van der Waals surface area contributed by atoms with Crippen LogP contribution in [0.2, 0.25) is 0 Å². The van der Waals surface area contributed by atoms with Gasteiger partial charge in [-0.05, 0) is 42.5 Å². The minimum atomic E-state index is -0.265. The number of carbonyl (C=O) groups excluding carboxylic acids is 2. The van der Waals surface area contributed by atoms with Gasteiger partial charge in [0.15, 0.2) is 5.58 Å². The molecule has 4 rings (SSSR count). The predicted molar refractivity (Wildman–Crippen MR) is 135 cm³/mol. The minimum absolute atomic E-state index is 0.252. The molecule has 8 heteroatoms. The fraction of sp³-hybridized carbons (Fsp3) is 0.154. The van der Waals surface area contributed by atoms with Crippen LogP contribution in [0.5, 0.6) is 5.75 Å². The monoisotopic (exact) mass is 458 g/mol. The van der Waals surface area contributed by atoms with Crippen molar-refractivity contribution in [1.29, 1.82) is 0 Å². The van der Waals surface area contributed by atoms with Crippen molar-refractivity contribution in [2.75, 3.05) is 48.1 Å². The van der Waals surface area contributed by atoms with Crippen molar-refractivity contribution in [3.8, 4) is 5.75 Å². The summed E-state index contributed by atoms with van der Waals surface area (Å²) in [6.07, 6.45) is 0.721. The lowest BCUT2D eigenvalue weighted by Gasteiger charge is -2.15. The molecule has 1 heterocycles. The number of carbonyl (C=O) groups is 2. The fourth-order valence-electron chi connectivity index (χ4n) is 3.51. The topological polar surface area (TPSA) is 101 Å². The summed E-state index contributed by atoms with van der Waals surface area (Å²) >= 11 is 0. The Bertz CT molecular complexity index is 1300. The number of amides is 2. The number of nitrogens with two attached hydrogens (primary N) is 1. The number of nitrogens with zero attached hydrogens (tertiary/aromatic N) is 2. The van der Waals surface area contributed by atoms with Gasteiger partial charge in [-0.15, -0.1) is 0 Å². The molecule has 3 N–H and O–H groups in total. The van der Waals surface area contributed by atoms with Gasteiger partial charge in [0.05, 0.1) is 23.6 Å². The van der Waals surface area contributed by atoms with Crippen LogP contribution in [-0.2, 0) is 4.79 Å². The summed E-state index contributed by atoms with van der Waals surface area (Å²) in [5.74, 6) is 0.773. The molecule has 34 heavy (non-hydrogen) atoms. The average Bonchev–Trinajstić information content (AvgIpc) is 3.27. The van der Waals surface area contributed by atoms with Crippen molar-refractivity contribution in [2.45, 2.75) is 0 Å². The Kier molecular flexibility index (Phi) is 6.68. The molecule has 0 spiro atoms. The third kappa shape index (κ3) is 4.96. The van der Waals surface area contributed by atoms with Crippen molar-refractivity contribution in [3.63, 3.8) is 0 Å². The van der Waals surface area contributed by atoms with Crippen LogP contribution < -0.4 is 25.6 Å². The summed E-state index contributed by atoms with van der Waals surface area (Å²) in [5.41, 5.74) is 9.07. The van der Waals surface area contributed by atoms with Gasteiger partial charge < -0.3 is 25.1 Å². The molecule has 174 valence electrons. The highest BCUT2D eigenvalue weighted by Gasteiger charge is 2.15. The normalized spacial score (nSPS) is 10.6. The number of anilines is 4. The molecule has 0 saturated heterocycles. The molecule has 0 unspecified atom stereocenters. The molecule has 4 aromatic rings. The van der Waals surface area contributed by atoms with E-state index in [1.54, 1.807) is 48.5 Å². The second-order valence-electron chi connectivity index (χ2n) is 7.89. The molecular weight excluding hydrogens is 432 g/mol. The second kappa shape index (κ2) is 9.99. The van der Waals surface area contributed by atoms with E-state index in [1.807, 2.05) is 43.3 Å². The zero-order valence-electron chi connectivity index (χ0n) is 19.0. The molecule has 2 amide bonds. The summed E-state index contributed by atoms with van der Waals surface area (Å²) in [5, 5.41) is 3.70. The van der Waals surface area contributed by atoms with Gasteiger partial charge in [0.1, 0.15) is 12.4 Å². The zero-order chi connectivity index (χ0) is 24.1. The number of hydrogen-bond acceptors (Lipinski definition) is 6. The highest BCUT2D eigenvalue weighted by molar-refractivity contribution is 6.05. The second-order valence-corrected chi connectivity index (χ2v) is 7.89. The number of furan rings is 1. The van der Waals surface area contributed by atoms with Crippen molar-refractivity contribution in [3.05, 3.63) is 78.4 Å². The zero-order valence-corrected chi connectivity index (χ0v) is 19.0. The number of benzene rings is 3. The van der Waals surface area contributed by atoms with Gasteiger partial charge in [0.2, 0.25) is 12.3 Å². The maximum Gasteiger partial charge on any atom is 0.255 e. The largest absolute Gasteiger partial charge is 0.492 e. The van der Waals surface area contributed by atoms with E-state index in [-0.39, 0.29) is 12.5 Å². The molecule has 0 fully saturated rings. The van der Waals surface area contributed by atoms with E-state index in [0.29, 0.717) is 35.1 Å². The molecule has 0 aliphatic heterocycles. The number of rotatable bonds is 9. The summed E-state index contributed by atoms with van der Waals surface area (Å²) in [6.45, 7) is 0.554. The Morgan fingerprint density at radius 1 is 1.06 bits per heavy atom. The predicted octanol–water partition coefficient (Wildman–Crippen LogP) is 4.38. The van der Waals surface area contributed by atoms with E-state index in [1.165, 1.54) is 4.90 Å². The number of fused-ring (bicyclic) bond motifs is 1. The lowest BCUT2D eigenvalue weighted by Crippen LogP contribution is -2.26. The molecule has 8 nitrogen and oxygen atoms in total. The Labute approximate surface area is 197 Å². The SMILES string of the molecule is CN(C)c1cccc2cc(N(C=O)CCOc3ccc(C(=O)Nc4ccccc4N)cc3)oc12. The fourth-order valence-corrected chi connectivity index (χ4v) is 3.51. The van der Waals surface area contributed by atoms with Gasteiger partial charge in [-0.1, -0.05) is 24.3 Å². The van der Waals surface area contributed by atoms with Gasteiger partial charge in [-0.3, -0.25) is 14.5 Å². The van der Waals surface area contributed by atoms with Crippen LogP contribution in [-0.4, -0.2) is 39.6 Å². The number of nitrogens with one attached hydrogen (secondary N) is 1. The third-order valence-corrected chi connectivity index (χ3v) is 5.33. The first kappa shape index (κ1) is 22.7. The maximum atomic E-state index is 12.5. The Morgan fingerprint density at radius 3 is 2.53 bits per heavy atom. The molecule has 0 radical (unpaired) electrons. The lowest BCUT2D eigenvalue weighted by atomic mass is 10.2. The van der Waals surface area contributed by atoms with Crippen LogP contribution in [0.4, 0.5) is 22.9 Å². The average molecular weight is 459 g/mol. The van der Waals surface area contributed by atoms with E-state index in [2.05, 4.69) is 5.32 Å². The van der Waals surface area contributed by atoms with Crippen LogP contribution in [0, 0.1) is 0 Å². The van der Waals surface area contributed by atoms with E-state index >= 15 is 0 Å². The molecule has 0 saturated carbocycles. The summed E-state index contributed by atoms with van der Waals surface area (Å²) < 4.78 is 11.7. The van der Waals surface area contributed by atoms with Gasteiger partial charge in [-0.2, -0.15) is 0 Å². The van der Waals surface area contributed by atoms with Crippen LogP contribution in [0.15, 0.2) is 77.2 Å². The smallest absolute Gasteiger partial charge is 0.255 e. The Morgan fingerprint density at radius 2 is 1.82 bits per heavy atom. The molecule has 0 bridgehead atoms. The van der Waals surface area contributed by atoms with E-state index in [4.69, 9.17) is 14.9 Å². The maximum absolute atomic E-state index is 12.5. The summed E-state index contributed by atoms with van der Waals surface area (Å²) in [6, 6.07) is 21.5. The van der Waals surface area contributed by atoms with Gasteiger partial charge in [0.25, 0.3) is 5.91 Å². The van der Waals surface area contributed by atoms with Crippen molar-refractivity contribution in [2.24, 2.45) is 0 Å². The molecule has 0 aliphatic rings. The van der Waals surface area contributed by atoms with Crippen molar-refractivity contribution in [1.82, 2.24) is 0 Å². The highest BCUT2D eigenvalue weighted by Crippen LogP contribution is 2.32. The van der Waals surface area contributed by atoms with Crippen LogP contribution in [0.3, 0.4) is 0 Å². The van der Waals surface area contributed by atoms with Crippen LogP contribution in [0.1, 0.15) is 10.4 Å². The van der Waals surface area contributed by atoms with Gasteiger partial charge in [-0.25, -0.2) is 0 Å². The standard InChI is InChI=1S/C26H26N4O4/c1-29(2)23-9-5-6-19-16-24(34-25(19)23)30(17-31)14-15-33-20-12-10-18(11-13-20)26(32)28-22-8-4-3-7-21(22)27/h3-13,16-17H,14-15,27H2,1-2H3,(H,28,32). The summed E-state index contributed by atoms with van der Waals surface area (Å²) in [4.78, 5) is 27.6. The quantitative estimate of drug-likeness (QED) is 0.285. The van der Waals surface area contributed by atoms with Crippen molar-refractivity contribution < 1.29 is 18.7 Å². The van der Waals surface area contributed by atoms with Gasteiger partial charge in [0, 0.05) is 31.1 Å². The first-order valence-corrected chi connectivity index (χ1v) is 10.8.